The predicted octanol–water partition coefficient (Wildman–Crippen LogP) is 4.43. The summed E-state index contributed by atoms with van der Waals surface area (Å²) in [5, 5.41) is 15.1. The average Bonchev–Trinajstić information content (AvgIpc) is 3.07. The number of aryl methyl sites for hydroxylation is 1. The maximum atomic E-state index is 11.6. The highest BCUT2D eigenvalue weighted by molar-refractivity contribution is 5.74. The van der Waals surface area contributed by atoms with Crippen LogP contribution < -0.4 is 5.32 Å². The Labute approximate surface area is 140 Å². The first kappa shape index (κ1) is 14.9. The van der Waals surface area contributed by atoms with Crippen molar-refractivity contribution in [2.24, 2.45) is 5.92 Å². The molecule has 24 heavy (non-hydrogen) atoms. The van der Waals surface area contributed by atoms with E-state index < -0.39 is 0 Å². The maximum Gasteiger partial charge on any atom is 0.292 e. The Morgan fingerprint density at radius 1 is 1.33 bits per heavy atom. The van der Waals surface area contributed by atoms with Gasteiger partial charge >= 0.3 is 0 Å². The molecular weight excluding hydrogens is 302 g/mol. The van der Waals surface area contributed by atoms with Gasteiger partial charge in [0.15, 0.2) is 0 Å². The smallest absolute Gasteiger partial charge is 0.292 e. The van der Waals surface area contributed by atoms with E-state index in [0.717, 1.165) is 28.8 Å². The van der Waals surface area contributed by atoms with Gasteiger partial charge < -0.3 is 5.32 Å². The number of nitro benzene ring substituents is 1. The number of anilines is 1. The zero-order valence-corrected chi connectivity index (χ0v) is 13.7. The first-order valence-corrected chi connectivity index (χ1v) is 8.20. The van der Waals surface area contributed by atoms with Crippen LogP contribution in [0.25, 0.3) is 0 Å². The maximum absolute atomic E-state index is 11.6. The zero-order chi connectivity index (χ0) is 16.8. The van der Waals surface area contributed by atoms with E-state index in [2.05, 4.69) is 29.4 Å². The average molecular weight is 321 g/mol. The van der Waals surface area contributed by atoms with Crippen LogP contribution in [0.5, 0.6) is 0 Å². The molecule has 1 aromatic heterocycles. The van der Waals surface area contributed by atoms with Crippen molar-refractivity contribution in [3.05, 3.63) is 75.1 Å². The fourth-order valence-corrected chi connectivity index (χ4v) is 4.08. The number of nitro groups is 1. The molecular formula is C19H19N3O2. The second-order valence-corrected chi connectivity index (χ2v) is 6.61. The molecule has 2 aliphatic rings. The van der Waals surface area contributed by atoms with Crippen LogP contribution in [-0.4, -0.2) is 9.91 Å². The summed E-state index contributed by atoms with van der Waals surface area (Å²) in [7, 11) is 0. The molecule has 0 saturated carbocycles. The number of allylic oxidation sites excluding steroid dienone is 2. The molecule has 0 bridgehead atoms. The largest absolute Gasteiger partial charge is 0.371 e. The van der Waals surface area contributed by atoms with Crippen LogP contribution in [0.4, 0.5) is 11.4 Å². The Morgan fingerprint density at radius 2 is 2.17 bits per heavy atom. The van der Waals surface area contributed by atoms with Gasteiger partial charge in [0.1, 0.15) is 5.69 Å². The topological polar surface area (TPSA) is 68.1 Å². The van der Waals surface area contributed by atoms with Gasteiger partial charge in [-0.05, 0) is 55.0 Å². The molecule has 122 valence electrons. The molecule has 1 N–H and O–H groups in total. The molecule has 1 aliphatic heterocycles. The summed E-state index contributed by atoms with van der Waals surface area (Å²) in [5.74, 6) is 0.541. The fraction of sp³-hybridized carbons (Fsp3) is 0.316. The minimum absolute atomic E-state index is 0.0143. The summed E-state index contributed by atoms with van der Waals surface area (Å²) < 4.78 is 0. The van der Waals surface area contributed by atoms with Crippen molar-refractivity contribution in [1.82, 2.24) is 4.98 Å². The first-order valence-electron chi connectivity index (χ1n) is 8.20. The standard InChI is InChI=1S/C19H19N3O2/c1-11-10-16(22(23)24)19-17(12(11)2)13-6-5-7-14(13)18(21-19)15-8-3-4-9-20-15/h3-6,8-10,13-14,18,21H,7H2,1-2H3/t13-,14-,18+/m1/s1. The Morgan fingerprint density at radius 3 is 2.88 bits per heavy atom. The van der Waals surface area contributed by atoms with Crippen LogP contribution in [0, 0.1) is 29.9 Å². The number of fused-ring (bicyclic) bond motifs is 3. The molecule has 0 amide bonds. The third kappa shape index (κ3) is 2.12. The van der Waals surface area contributed by atoms with E-state index in [0.29, 0.717) is 11.6 Å². The predicted molar refractivity (Wildman–Crippen MR) is 93.2 cm³/mol. The lowest BCUT2D eigenvalue weighted by molar-refractivity contribution is -0.384. The Balaban J connectivity index is 1.92. The second-order valence-electron chi connectivity index (χ2n) is 6.61. The van der Waals surface area contributed by atoms with Gasteiger partial charge in [-0.15, -0.1) is 0 Å². The van der Waals surface area contributed by atoms with E-state index in [4.69, 9.17) is 0 Å². The van der Waals surface area contributed by atoms with Crippen molar-refractivity contribution in [3.8, 4) is 0 Å². The van der Waals surface area contributed by atoms with E-state index in [1.165, 1.54) is 0 Å². The van der Waals surface area contributed by atoms with Gasteiger partial charge in [-0.1, -0.05) is 18.2 Å². The monoisotopic (exact) mass is 321 g/mol. The third-order valence-corrected chi connectivity index (χ3v) is 5.35. The molecule has 2 heterocycles. The number of hydrogen-bond donors (Lipinski definition) is 1. The lowest BCUT2D eigenvalue weighted by atomic mass is 9.75. The number of nitrogens with zero attached hydrogens (tertiary/aromatic N) is 2. The van der Waals surface area contributed by atoms with Crippen molar-refractivity contribution >= 4 is 11.4 Å². The van der Waals surface area contributed by atoms with Crippen LogP contribution in [0.1, 0.15) is 40.8 Å². The van der Waals surface area contributed by atoms with Crippen LogP contribution in [0.15, 0.2) is 42.6 Å². The van der Waals surface area contributed by atoms with Crippen LogP contribution in [0.2, 0.25) is 0 Å². The number of pyridine rings is 1. The zero-order valence-electron chi connectivity index (χ0n) is 13.7. The van der Waals surface area contributed by atoms with E-state index in [1.54, 1.807) is 12.3 Å². The van der Waals surface area contributed by atoms with Crippen LogP contribution in [0.3, 0.4) is 0 Å². The van der Waals surface area contributed by atoms with Crippen molar-refractivity contribution in [3.63, 3.8) is 0 Å². The minimum Gasteiger partial charge on any atom is -0.371 e. The van der Waals surface area contributed by atoms with E-state index in [1.807, 2.05) is 25.1 Å². The molecule has 0 saturated heterocycles. The SMILES string of the molecule is Cc1cc([N+](=O)[O-])c2c(c1C)[C@@H]1C=CC[C@H]1[C@@H](c1ccccn1)N2. The van der Waals surface area contributed by atoms with Gasteiger partial charge in [-0.25, -0.2) is 0 Å². The summed E-state index contributed by atoms with van der Waals surface area (Å²) in [4.78, 5) is 15.8. The summed E-state index contributed by atoms with van der Waals surface area (Å²) in [6.45, 7) is 4.00. The molecule has 2 aromatic rings. The molecule has 5 heteroatoms. The highest BCUT2D eigenvalue weighted by Gasteiger charge is 2.42. The number of nitrogens with one attached hydrogen (secondary N) is 1. The quantitative estimate of drug-likeness (QED) is 0.504. The molecule has 1 aliphatic carbocycles. The number of aromatic nitrogens is 1. The minimum atomic E-state index is -0.285. The number of rotatable bonds is 2. The summed E-state index contributed by atoms with van der Waals surface area (Å²) in [6, 6.07) is 7.51. The van der Waals surface area contributed by atoms with Gasteiger partial charge in [0, 0.05) is 18.2 Å². The fourth-order valence-electron chi connectivity index (χ4n) is 4.08. The van der Waals surface area contributed by atoms with Crippen molar-refractivity contribution in [2.45, 2.75) is 32.2 Å². The molecule has 4 rings (SSSR count). The van der Waals surface area contributed by atoms with E-state index >= 15 is 0 Å². The lowest BCUT2D eigenvalue weighted by Gasteiger charge is -2.37. The third-order valence-electron chi connectivity index (χ3n) is 5.35. The van der Waals surface area contributed by atoms with Crippen LogP contribution in [-0.2, 0) is 0 Å². The lowest BCUT2D eigenvalue weighted by Crippen LogP contribution is -2.31. The Hall–Kier alpha value is -2.69. The van der Waals surface area contributed by atoms with Crippen molar-refractivity contribution < 1.29 is 4.92 Å². The summed E-state index contributed by atoms with van der Waals surface area (Å²) in [6.07, 6.45) is 7.13. The van der Waals surface area contributed by atoms with E-state index in [9.17, 15) is 10.1 Å². The molecule has 3 atom stereocenters. The van der Waals surface area contributed by atoms with E-state index in [-0.39, 0.29) is 22.6 Å². The van der Waals surface area contributed by atoms with Crippen molar-refractivity contribution in [2.75, 3.05) is 5.32 Å². The van der Waals surface area contributed by atoms with Crippen LogP contribution >= 0.6 is 0 Å². The van der Waals surface area contributed by atoms with Gasteiger partial charge in [0.2, 0.25) is 0 Å². The van der Waals surface area contributed by atoms with Gasteiger partial charge in [0.05, 0.1) is 16.7 Å². The second kappa shape index (κ2) is 5.44. The molecule has 0 unspecified atom stereocenters. The highest BCUT2D eigenvalue weighted by atomic mass is 16.6. The molecule has 0 radical (unpaired) electrons. The number of benzene rings is 1. The molecule has 0 spiro atoms. The normalized spacial score (nSPS) is 24.2. The summed E-state index contributed by atoms with van der Waals surface area (Å²) in [5.41, 5.74) is 4.95. The van der Waals surface area contributed by atoms with Gasteiger partial charge in [0.25, 0.3) is 5.69 Å². The molecule has 0 fully saturated rings. The van der Waals surface area contributed by atoms with Gasteiger partial charge in [-0.2, -0.15) is 0 Å². The molecule has 1 aromatic carbocycles. The molecule has 5 nitrogen and oxygen atoms in total. The van der Waals surface area contributed by atoms with Gasteiger partial charge in [-0.3, -0.25) is 15.1 Å². The first-order chi connectivity index (χ1) is 11.6. The Bertz CT molecular complexity index is 845. The van der Waals surface area contributed by atoms with Crippen molar-refractivity contribution in [1.29, 1.82) is 0 Å². The number of hydrogen-bond acceptors (Lipinski definition) is 4. The highest BCUT2D eigenvalue weighted by Crippen LogP contribution is 2.53. The Kier molecular flexibility index (Phi) is 3.37. The summed E-state index contributed by atoms with van der Waals surface area (Å²) >= 11 is 0.